The molecule has 0 aliphatic heterocycles. The van der Waals surface area contributed by atoms with Gasteiger partial charge in [0.1, 0.15) is 5.75 Å². The molecule has 0 radical (unpaired) electrons. The molecule has 0 spiro atoms. The van der Waals surface area contributed by atoms with Crippen LogP contribution in [0.2, 0.25) is 0 Å². The average Bonchev–Trinajstić information content (AvgIpc) is 2.70. The third-order valence-electron chi connectivity index (χ3n) is 7.61. The van der Waals surface area contributed by atoms with Gasteiger partial charge in [0.25, 0.3) is 0 Å². The summed E-state index contributed by atoms with van der Waals surface area (Å²) in [6, 6.07) is 8.91. The van der Waals surface area contributed by atoms with E-state index in [1.54, 1.807) is 0 Å². The Morgan fingerprint density at radius 2 is 1.48 bits per heavy atom. The Bertz CT molecular complexity index is 518. The monoisotopic (exact) mass is 370 g/mol. The summed E-state index contributed by atoms with van der Waals surface area (Å²) in [4.78, 5) is 0. The molecule has 0 saturated heterocycles. The quantitative estimate of drug-likeness (QED) is 0.450. The highest BCUT2D eigenvalue weighted by molar-refractivity contribution is 5.29. The van der Waals surface area contributed by atoms with Crippen molar-refractivity contribution in [2.45, 2.75) is 97.3 Å². The molecule has 1 unspecified atom stereocenters. The summed E-state index contributed by atoms with van der Waals surface area (Å²) in [7, 11) is 0. The van der Waals surface area contributed by atoms with Gasteiger partial charge in [0.2, 0.25) is 0 Å². The number of hydrogen-bond acceptors (Lipinski definition) is 1. The van der Waals surface area contributed by atoms with Crippen molar-refractivity contribution in [3.63, 3.8) is 0 Å². The molecule has 0 aromatic heterocycles. The van der Waals surface area contributed by atoms with Crippen LogP contribution in [0.3, 0.4) is 0 Å². The van der Waals surface area contributed by atoms with Crippen molar-refractivity contribution in [3.8, 4) is 5.75 Å². The third kappa shape index (κ3) is 6.00. The second-order valence-corrected chi connectivity index (χ2v) is 9.50. The molecule has 2 fully saturated rings. The SMILES string of the molecule is CCCC1CCC(C(C)CC2CCC(c3ccc(OCC)cc3)CC2)CC1. The van der Waals surface area contributed by atoms with E-state index in [-0.39, 0.29) is 0 Å². The van der Waals surface area contributed by atoms with Gasteiger partial charge in [-0.1, -0.05) is 51.7 Å². The predicted octanol–water partition coefficient (Wildman–Crippen LogP) is 7.99. The molecule has 152 valence electrons. The topological polar surface area (TPSA) is 9.23 Å². The maximum absolute atomic E-state index is 5.59. The molecular formula is C26H42O. The van der Waals surface area contributed by atoms with E-state index >= 15 is 0 Å². The highest BCUT2D eigenvalue weighted by Crippen LogP contribution is 2.42. The zero-order valence-electron chi connectivity index (χ0n) is 18.1. The maximum atomic E-state index is 5.59. The second-order valence-electron chi connectivity index (χ2n) is 9.50. The van der Waals surface area contributed by atoms with Gasteiger partial charge in [-0.25, -0.2) is 0 Å². The first-order chi connectivity index (χ1) is 13.2. The first-order valence-electron chi connectivity index (χ1n) is 11.9. The van der Waals surface area contributed by atoms with Crippen LogP contribution in [-0.2, 0) is 0 Å². The molecule has 0 N–H and O–H groups in total. The first kappa shape index (κ1) is 20.7. The van der Waals surface area contributed by atoms with Crippen molar-refractivity contribution in [2.75, 3.05) is 6.61 Å². The Morgan fingerprint density at radius 1 is 0.852 bits per heavy atom. The largest absolute Gasteiger partial charge is 0.494 e. The van der Waals surface area contributed by atoms with E-state index in [1.807, 2.05) is 6.92 Å². The third-order valence-corrected chi connectivity index (χ3v) is 7.61. The molecular weight excluding hydrogens is 328 g/mol. The van der Waals surface area contributed by atoms with Gasteiger partial charge in [-0.2, -0.15) is 0 Å². The molecule has 1 nitrogen and oxygen atoms in total. The van der Waals surface area contributed by atoms with E-state index < -0.39 is 0 Å². The predicted molar refractivity (Wildman–Crippen MR) is 116 cm³/mol. The minimum Gasteiger partial charge on any atom is -0.494 e. The lowest BCUT2D eigenvalue weighted by molar-refractivity contribution is 0.169. The molecule has 0 heterocycles. The van der Waals surface area contributed by atoms with Crippen LogP contribution in [0.4, 0.5) is 0 Å². The fraction of sp³-hybridized carbons (Fsp3) is 0.769. The summed E-state index contributed by atoms with van der Waals surface area (Å²) in [5.41, 5.74) is 1.53. The summed E-state index contributed by atoms with van der Waals surface area (Å²) in [6.07, 6.45) is 16.0. The van der Waals surface area contributed by atoms with Crippen LogP contribution in [0.25, 0.3) is 0 Å². The Balaban J connectivity index is 1.40. The van der Waals surface area contributed by atoms with E-state index in [0.717, 1.165) is 41.9 Å². The molecule has 2 aliphatic carbocycles. The lowest BCUT2D eigenvalue weighted by Crippen LogP contribution is -2.23. The number of ether oxygens (including phenoxy) is 1. The molecule has 2 aliphatic rings. The van der Waals surface area contributed by atoms with Gasteiger partial charge >= 0.3 is 0 Å². The lowest BCUT2D eigenvalue weighted by atomic mass is 9.70. The van der Waals surface area contributed by atoms with Crippen LogP contribution in [-0.4, -0.2) is 6.61 Å². The zero-order chi connectivity index (χ0) is 19.1. The lowest BCUT2D eigenvalue weighted by Gasteiger charge is -2.36. The van der Waals surface area contributed by atoms with Gasteiger partial charge in [0, 0.05) is 0 Å². The van der Waals surface area contributed by atoms with Gasteiger partial charge in [-0.15, -0.1) is 0 Å². The summed E-state index contributed by atoms with van der Waals surface area (Å²) >= 11 is 0. The highest BCUT2D eigenvalue weighted by Gasteiger charge is 2.28. The molecule has 0 bridgehead atoms. The normalized spacial score (nSPS) is 30.0. The van der Waals surface area contributed by atoms with Crippen molar-refractivity contribution in [1.29, 1.82) is 0 Å². The molecule has 1 aromatic rings. The van der Waals surface area contributed by atoms with Crippen LogP contribution >= 0.6 is 0 Å². The van der Waals surface area contributed by atoms with Gasteiger partial charge in [0.05, 0.1) is 6.61 Å². The van der Waals surface area contributed by atoms with Crippen molar-refractivity contribution >= 4 is 0 Å². The Hall–Kier alpha value is -0.980. The van der Waals surface area contributed by atoms with Crippen LogP contribution in [0.1, 0.15) is 103 Å². The number of rotatable bonds is 8. The van der Waals surface area contributed by atoms with Gasteiger partial charge in [-0.05, 0) is 99.2 Å². The van der Waals surface area contributed by atoms with Gasteiger partial charge in [-0.3, -0.25) is 0 Å². The molecule has 0 amide bonds. The smallest absolute Gasteiger partial charge is 0.119 e. The van der Waals surface area contributed by atoms with Gasteiger partial charge < -0.3 is 4.74 Å². The van der Waals surface area contributed by atoms with E-state index in [9.17, 15) is 0 Å². The molecule has 1 heteroatoms. The Labute approximate surface area is 168 Å². The summed E-state index contributed by atoms with van der Waals surface area (Å²) in [5, 5.41) is 0. The average molecular weight is 371 g/mol. The first-order valence-corrected chi connectivity index (χ1v) is 11.9. The van der Waals surface area contributed by atoms with Crippen LogP contribution in [0.15, 0.2) is 24.3 Å². The number of benzene rings is 1. The molecule has 27 heavy (non-hydrogen) atoms. The maximum Gasteiger partial charge on any atom is 0.119 e. The standard InChI is InChI=1S/C26H42O/c1-4-6-21-7-11-23(12-8-21)20(3)19-22-9-13-24(14-10-22)25-15-17-26(18-16-25)27-5-2/h15-18,20-24H,4-14,19H2,1-3H3. The fourth-order valence-electron chi connectivity index (χ4n) is 5.91. The molecule has 2 saturated carbocycles. The van der Waals surface area contributed by atoms with E-state index in [4.69, 9.17) is 4.74 Å². The van der Waals surface area contributed by atoms with Crippen LogP contribution < -0.4 is 4.74 Å². The van der Waals surface area contributed by atoms with Crippen LogP contribution in [0, 0.1) is 23.7 Å². The fourth-order valence-corrected chi connectivity index (χ4v) is 5.91. The van der Waals surface area contributed by atoms with Gasteiger partial charge in [0.15, 0.2) is 0 Å². The summed E-state index contributed by atoms with van der Waals surface area (Å²) in [6.45, 7) is 7.71. The van der Waals surface area contributed by atoms with Crippen LogP contribution in [0.5, 0.6) is 5.75 Å². The summed E-state index contributed by atoms with van der Waals surface area (Å²) in [5.74, 6) is 5.77. The van der Waals surface area contributed by atoms with Crippen molar-refractivity contribution in [3.05, 3.63) is 29.8 Å². The van der Waals surface area contributed by atoms with E-state index in [0.29, 0.717) is 0 Å². The Kier molecular flexibility index (Phi) is 8.09. The van der Waals surface area contributed by atoms with Crippen molar-refractivity contribution < 1.29 is 4.74 Å². The van der Waals surface area contributed by atoms with E-state index in [2.05, 4.69) is 38.1 Å². The second kappa shape index (κ2) is 10.5. The molecule has 1 atom stereocenters. The van der Waals surface area contributed by atoms with Crippen molar-refractivity contribution in [2.24, 2.45) is 23.7 Å². The Morgan fingerprint density at radius 3 is 2.07 bits per heavy atom. The summed E-state index contributed by atoms with van der Waals surface area (Å²) < 4.78 is 5.59. The minimum absolute atomic E-state index is 0.753. The zero-order valence-corrected chi connectivity index (χ0v) is 18.1. The van der Waals surface area contributed by atoms with E-state index in [1.165, 1.54) is 76.2 Å². The minimum atomic E-state index is 0.753. The highest BCUT2D eigenvalue weighted by atomic mass is 16.5. The molecule has 1 aromatic carbocycles. The molecule has 3 rings (SSSR count). The number of hydrogen-bond donors (Lipinski definition) is 0. The van der Waals surface area contributed by atoms with Crippen molar-refractivity contribution in [1.82, 2.24) is 0 Å².